The summed E-state index contributed by atoms with van der Waals surface area (Å²) in [6.07, 6.45) is 2.46. The van der Waals surface area contributed by atoms with Gasteiger partial charge in [-0.1, -0.05) is 13.3 Å². The molecule has 9 heteroatoms. The van der Waals surface area contributed by atoms with E-state index in [0.29, 0.717) is 32.4 Å². The summed E-state index contributed by atoms with van der Waals surface area (Å²) in [5, 5.41) is 11.6. The number of nitrogens with one attached hydrogen (secondary N) is 1. The van der Waals surface area contributed by atoms with Gasteiger partial charge < -0.3 is 15.2 Å². The van der Waals surface area contributed by atoms with Crippen LogP contribution in [0.4, 0.5) is 0 Å². The van der Waals surface area contributed by atoms with Crippen LogP contribution in [0.2, 0.25) is 0 Å². The number of nitrogens with zero attached hydrogens (tertiary/aromatic N) is 1. The van der Waals surface area contributed by atoms with Gasteiger partial charge in [0.05, 0.1) is 5.75 Å². The number of carboxylic acids is 1. The summed E-state index contributed by atoms with van der Waals surface area (Å²) < 4.78 is 30.6. The highest BCUT2D eigenvalue weighted by molar-refractivity contribution is 7.89. The molecule has 140 valence electrons. The van der Waals surface area contributed by atoms with Crippen molar-refractivity contribution in [2.24, 2.45) is 5.92 Å². The van der Waals surface area contributed by atoms with Crippen LogP contribution in [0.1, 0.15) is 39.0 Å². The van der Waals surface area contributed by atoms with Crippen molar-refractivity contribution in [1.82, 2.24) is 9.62 Å². The molecular weight excluding hydrogens is 336 g/mol. The normalized spacial score (nSPS) is 18.2. The van der Waals surface area contributed by atoms with Gasteiger partial charge in [-0.2, -0.15) is 0 Å². The van der Waals surface area contributed by atoms with E-state index < -0.39 is 22.0 Å². The fraction of sp³-hybridized carbons (Fsp3) is 0.867. The molecule has 0 aromatic heterocycles. The molecule has 1 aliphatic heterocycles. The highest BCUT2D eigenvalue weighted by atomic mass is 32.2. The van der Waals surface area contributed by atoms with Gasteiger partial charge in [-0.25, -0.2) is 17.5 Å². The third kappa shape index (κ3) is 6.37. The molecule has 1 rings (SSSR count). The second kappa shape index (κ2) is 9.95. The lowest BCUT2D eigenvalue weighted by molar-refractivity contribution is -0.143. The fourth-order valence-corrected chi connectivity index (χ4v) is 4.31. The van der Waals surface area contributed by atoms with E-state index in [1.54, 1.807) is 0 Å². The number of carbonyl (C=O) groups is 2. The molecule has 1 amide bonds. The molecule has 1 aliphatic rings. The average molecular weight is 364 g/mol. The van der Waals surface area contributed by atoms with E-state index in [1.165, 1.54) is 11.4 Å². The lowest BCUT2D eigenvalue weighted by Crippen LogP contribution is -2.48. The van der Waals surface area contributed by atoms with Crippen LogP contribution in [0, 0.1) is 5.92 Å². The van der Waals surface area contributed by atoms with E-state index in [0.717, 1.165) is 6.42 Å². The van der Waals surface area contributed by atoms with Crippen molar-refractivity contribution in [3.8, 4) is 0 Å². The van der Waals surface area contributed by atoms with Crippen LogP contribution >= 0.6 is 0 Å². The van der Waals surface area contributed by atoms with Crippen LogP contribution in [0.25, 0.3) is 0 Å². The minimum atomic E-state index is -3.25. The molecule has 1 saturated heterocycles. The second-order valence-electron chi connectivity index (χ2n) is 6.02. The minimum Gasteiger partial charge on any atom is -0.480 e. The van der Waals surface area contributed by atoms with Crippen molar-refractivity contribution in [3.05, 3.63) is 0 Å². The molecule has 0 aromatic rings. The predicted octanol–water partition coefficient (Wildman–Crippen LogP) is 0.434. The molecule has 0 aliphatic carbocycles. The van der Waals surface area contributed by atoms with Gasteiger partial charge in [0.15, 0.2) is 0 Å². The van der Waals surface area contributed by atoms with Crippen LogP contribution < -0.4 is 5.32 Å². The van der Waals surface area contributed by atoms with Gasteiger partial charge in [0.1, 0.15) is 6.04 Å². The van der Waals surface area contributed by atoms with Crippen LogP contribution in [-0.4, -0.2) is 68.3 Å². The van der Waals surface area contributed by atoms with Crippen molar-refractivity contribution in [2.75, 3.05) is 32.6 Å². The first-order valence-electron chi connectivity index (χ1n) is 8.31. The van der Waals surface area contributed by atoms with Crippen LogP contribution in [0.3, 0.4) is 0 Å². The molecule has 0 spiro atoms. The number of ether oxygens (including phenoxy) is 1. The number of piperidine rings is 1. The van der Waals surface area contributed by atoms with Crippen molar-refractivity contribution in [1.29, 1.82) is 0 Å². The van der Waals surface area contributed by atoms with Gasteiger partial charge in [-0.15, -0.1) is 0 Å². The van der Waals surface area contributed by atoms with Crippen LogP contribution in [-0.2, 0) is 24.3 Å². The maximum absolute atomic E-state index is 12.2. The number of hydrogen-bond acceptors (Lipinski definition) is 5. The van der Waals surface area contributed by atoms with Crippen molar-refractivity contribution < 1.29 is 27.9 Å². The number of aliphatic carboxylic acids is 1. The highest BCUT2D eigenvalue weighted by Gasteiger charge is 2.32. The fourth-order valence-electron chi connectivity index (χ4n) is 2.63. The van der Waals surface area contributed by atoms with Gasteiger partial charge in [-0.3, -0.25) is 4.79 Å². The number of hydrogen-bond donors (Lipinski definition) is 2. The average Bonchev–Trinajstić information content (AvgIpc) is 2.56. The Kier molecular flexibility index (Phi) is 8.65. The summed E-state index contributed by atoms with van der Waals surface area (Å²) in [6.45, 7) is 2.79. The maximum atomic E-state index is 12.2. The number of carboxylic acid groups (broad SMARTS) is 1. The third-order valence-electron chi connectivity index (χ3n) is 4.20. The lowest BCUT2D eigenvalue weighted by Gasteiger charge is -2.31. The molecule has 1 unspecified atom stereocenters. The molecule has 0 saturated carbocycles. The molecule has 0 radical (unpaired) electrons. The molecule has 1 heterocycles. The molecule has 2 N–H and O–H groups in total. The first-order valence-corrected chi connectivity index (χ1v) is 9.92. The summed E-state index contributed by atoms with van der Waals surface area (Å²) in [6, 6.07) is -0.983. The number of amides is 1. The summed E-state index contributed by atoms with van der Waals surface area (Å²) in [5.41, 5.74) is 0. The Hall–Kier alpha value is -1.19. The standard InChI is InChI=1S/C15H28N2O6S/c1-3-4-11-24(21,22)17-8-5-12(6-9-17)14(18)16-13(15(19)20)7-10-23-2/h12-13H,3-11H2,1-2H3,(H,16,18)(H,19,20). The van der Waals surface area contributed by atoms with E-state index in [-0.39, 0.29) is 30.6 Å². The topological polar surface area (TPSA) is 113 Å². The first-order chi connectivity index (χ1) is 11.3. The molecule has 8 nitrogen and oxygen atoms in total. The lowest BCUT2D eigenvalue weighted by atomic mass is 9.96. The monoisotopic (exact) mass is 364 g/mol. The van der Waals surface area contributed by atoms with E-state index in [1.807, 2.05) is 6.92 Å². The van der Waals surface area contributed by atoms with Gasteiger partial charge in [0.2, 0.25) is 15.9 Å². The largest absolute Gasteiger partial charge is 0.480 e. The number of carbonyl (C=O) groups excluding carboxylic acids is 1. The van der Waals surface area contributed by atoms with Crippen molar-refractivity contribution >= 4 is 21.9 Å². The zero-order valence-corrected chi connectivity index (χ0v) is 15.2. The van der Waals surface area contributed by atoms with E-state index in [9.17, 15) is 18.0 Å². The Morgan fingerprint density at radius 3 is 2.46 bits per heavy atom. The highest BCUT2D eigenvalue weighted by Crippen LogP contribution is 2.21. The Labute approximate surface area is 143 Å². The first kappa shape index (κ1) is 20.9. The number of unbranched alkanes of at least 4 members (excludes halogenated alkanes) is 1. The van der Waals surface area contributed by atoms with Gasteiger partial charge in [0.25, 0.3) is 0 Å². The van der Waals surface area contributed by atoms with Gasteiger partial charge in [0, 0.05) is 39.1 Å². The minimum absolute atomic E-state index is 0.137. The molecule has 1 atom stereocenters. The summed E-state index contributed by atoms with van der Waals surface area (Å²) in [7, 11) is -1.78. The van der Waals surface area contributed by atoms with Gasteiger partial charge >= 0.3 is 5.97 Å². The Balaban J connectivity index is 2.51. The van der Waals surface area contributed by atoms with E-state index in [2.05, 4.69) is 5.32 Å². The molecule has 1 fully saturated rings. The zero-order valence-electron chi connectivity index (χ0n) is 14.4. The Bertz CT molecular complexity index is 514. The smallest absolute Gasteiger partial charge is 0.326 e. The Morgan fingerprint density at radius 1 is 1.33 bits per heavy atom. The molecule has 0 bridgehead atoms. The molecule has 24 heavy (non-hydrogen) atoms. The number of sulfonamides is 1. The second-order valence-corrected chi connectivity index (χ2v) is 8.11. The van der Waals surface area contributed by atoms with Crippen molar-refractivity contribution in [2.45, 2.75) is 45.1 Å². The van der Waals surface area contributed by atoms with Crippen molar-refractivity contribution in [3.63, 3.8) is 0 Å². The molecular formula is C15H28N2O6S. The van der Waals surface area contributed by atoms with Crippen LogP contribution in [0.15, 0.2) is 0 Å². The quantitative estimate of drug-likeness (QED) is 0.581. The maximum Gasteiger partial charge on any atom is 0.326 e. The zero-order chi connectivity index (χ0) is 18.2. The summed E-state index contributed by atoms with van der Waals surface area (Å²) in [5.74, 6) is -1.64. The van der Waals surface area contributed by atoms with Crippen LogP contribution in [0.5, 0.6) is 0 Å². The number of rotatable bonds is 10. The predicted molar refractivity (Wildman–Crippen MR) is 89.1 cm³/mol. The third-order valence-corrected chi connectivity index (χ3v) is 6.16. The Morgan fingerprint density at radius 2 is 1.96 bits per heavy atom. The van der Waals surface area contributed by atoms with Gasteiger partial charge in [-0.05, 0) is 19.3 Å². The SMILES string of the molecule is CCCCS(=O)(=O)N1CCC(C(=O)NC(CCOC)C(=O)O)CC1. The number of methoxy groups -OCH3 is 1. The summed E-state index contributed by atoms with van der Waals surface area (Å²) in [4.78, 5) is 23.4. The summed E-state index contributed by atoms with van der Waals surface area (Å²) >= 11 is 0. The molecule has 0 aromatic carbocycles. The van der Waals surface area contributed by atoms with E-state index >= 15 is 0 Å². The van der Waals surface area contributed by atoms with E-state index in [4.69, 9.17) is 9.84 Å².